The van der Waals surface area contributed by atoms with E-state index < -0.39 is 5.60 Å². The molecule has 4 rings (SSSR count). The second-order valence-electron chi connectivity index (χ2n) is 7.80. The minimum atomic E-state index is -0.899. The lowest BCUT2D eigenvalue weighted by Crippen LogP contribution is -2.38. The second-order valence-corrected chi connectivity index (χ2v) is 7.80. The van der Waals surface area contributed by atoms with Crippen molar-refractivity contribution in [3.05, 3.63) is 95.6 Å². The van der Waals surface area contributed by atoms with Gasteiger partial charge in [-0.15, -0.1) is 0 Å². The SMILES string of the molecule is COc1ccc(C(OCC2CC(=O)CCO2)(c2ccccc2)c2ccc(OC)cc2)cc1. The Hall–Kier alpha value is -3.15. The minimum absolute atomic E-state index is 0.212. The molecule has 0 bridgehead atoms. The highest BCUT2D eigenvalue weighted by atomic mass is 16.5. The molecule has 1 aliphatic heterocycles. The number of methoxy groups -OCH3 is 2. The van der Waals surface area contributed by atoms with E-state index in [-0.39, 0.29) is 11.9 Å². The predicted molar refractivity (Wildman–Crippen MR) is 122 cm³/mol. The Morgan fingerprint density at radius 1 is 0.812 bits per heavy atom. The summed E-state index contributed by atoms with van der Waals surface area (Å²) < 4.78 is 23.4. The van der Waals surface area contributed by atoms with Crippen molar-refractivity contribution in [3.8, 4) is 11.5 Å². The number of hydrogen-bond donors (Lipinski definition) is 0. The van der Waals surface area contributed by atoms with Gasteiger partial charge in [0.15, 0.2) is 0 Å². The van der Waals surface area contributed by atoms with Gasteiger partial charge in [-0.25, -0.2) is 0 Å². The summed E-state index contributed by atoms with van der Waals surface area (Å²) in [7, 11) is 3.30. The first-order valence-electron chi connectivity index (χ1n) is 10.8. The van der Waals surface area contributed by atoms with Gasteiger partial charge in [-0.2, -0.15) is 0 Å². The number of Topliss-reactive ketones (excluding diaryl/α,β-unsaturated/α-hetero) is 1. The van der Waals surface area contributed by atoms with Crippen LogP contribution in [0.3, 0.4) is 0 Å². The van der Waals surface area contributed by atoms with Crippen molar-refractivity contribution >= 4 is 5.78 Å². The van der Waals surface area contributed by atoms with Crippen molar-refractivity contribution in [1.82, 2.24) is 0 Å². The van der Waals surface area contributed by atoms with Gasteiger partial charge in [0, 0.05) is 12.8 Å². The van der Waals surface area contributed by atoms with Gasteiger partial charge in [0.2, 0.25) is 0 Å². The van der Waals surface area contributed by atoms with Crippen molar-refractivity contribution in [2.45, 2.75) is 24.5 Å². The molecule has 0 saturated carbocycles. The maximum atomic E-state index is 12.0. The summed E-state index contributed by atoms with van der Waals surface area (Å²) in [5.41, 5.74) is 2.00. The number of ketones is 1. The third-order valence-electron chi connectivity index (χ3n) is 5.85. The average Bonchev–Trinajstić information content (AvgIpc) is 2.86. The molecule has 3 aromatic carbocycles. The molecule has 0 spiro atoms. The molecule has 1 aliphatic rings. The summed E-state index contributed by atoms with van der Waals surface area (Å²) in [6.45, 7) is 0.731. The maximum Gasteiger partial charge on any atom is 0.143 e. The quantitative estimate of drug-likeness (QED) is 0.481. The van der Waals surface area contributed by atoms with Crippen molar-refractivity contribution in [1.29, 1.82) is 0 Å². The van der Waals surface area contributed by atoms with Crippen molar-refractivity contribution in [2.75, 3.05) is 27.4 Å². The van der Waals surface area contributed by atoms with Gasteiger partial charge in [0.1, 0.15) is 22.9 Å². The molecular formula is C27H28O5. The monoisotopic (exact) mass is 432 g/mol. The van der Waals surface area contributed by atoms with Gasteiger partial charge >= 0.3 is 0 Å². The van der Waals surface area contributed by atoms with E-state index >= 15 is 0 Å². The highest BCUT2D eigenvalue weighted by molar-refractivity contribution is 5.79. The number of hydrogen-bond acceptors (Lipinski definition) is 5. The van der Waals surface area contributed by atoms with E-state index in [0.717, 1.165) is 28.2 Å². The second kappa shape index (κ2) is 9.98. The van der Waals surface area contributed by atoms with Gasteiger partial charge < -0.3 is 18.9 Å². The van der Waals surface area contributed by atoms with E-state index in [0.29, 0.717) is 26.1 Å². The first kappa shape index (κ1) is 22.1. The zero-order valence-corrected chi connectivity index (χ0v) is 18.5. The predicted octanol–water partition coefficient (Wildman–Crippen LogP) is 4.76. The molecule has 0 radical (unpaired) electrons. The third-order valence-corrected chi connectivity index (χ3v) is 5.85. The summed E-state index contributed by atoms with van der Waals surface area (Å²) in [6, 6.07) is 25.9. The number of ether oxygens (including phenoxy) is 4. The van der Waals surface area contributed by atoms with Crippen LogP contribution in [0.25, 0.3) is 0 Å². The number of carbonyl (C=O) groups is 1. The zero-order valence-electron chi connectivity index (χ0n) is 18.5. The van der Waals surface area contributed by atoms with Crippen LogP contribution in [0.2, 0.25) is 0 Å². The standard InChI is InChI=1S/C27H28O5/c1-29-24-12-8-21(9-13-24)27(20-6-4-3-5-7-20,22-10-14-25(30-2)15-11-22)32-19-26-18-23(28)16-17-31-26/h3-15,26H,16-19H2,1-2H3. The van der Waals surface area contributed by atoms with Crippen LogP contribution in [0, 0.1) is 0 Å². The van der Waals surface area contributed by atoms with Crippen LogP contribution in [0.5, 0.6) is 11.5 Å². The minimum Gasteiger partial charge on any atom is -0.497 e. The fourth-order valence-electron chi connectivity index (χ4n) is 4.15. The molecule has 1 heterocycles. The van der Waals surface area contributed by atoms with Gasteiger partial charge in [0.25, 0.3) is 0 Å². The number of rotatable bonds is 8. The fraction of sp³-hybridized carbons (Fsp3) is 0.296. The van der Waals surface area contributed by atoms with Crippen LogP contribution < -0.4 is 9.47 Å². The first-order valence-corrected chi connectivity index (χ1v) is 10.8. The maximum absolute atomic E-state index is 12.0. The van der Waals surface area contributed by atoms with Crippen LogP contribution in [0.15, 0.2) is 78.9 Å². The van der Waals surface area contributed by atoms with E-state index in [4.69, 9.17) is 18.9 Å². The first-order chi connectivity index (χ1) is 15.7. The van der Waals surface area contributed by atoms with E-state index in [1.165, 1.54) is 0 Å². The molecule has 1 atom stereocenters. The summed E-state index contributed by atoms with van der Waals surface area (Å²) in [6.07, 6.45) is 0.573. The van der Waals surface area contributed by atoms with E-state index in [1.807, 2.05) is 66.7 Å². The lowest BCUT2D eigenvalue weighted by atomic mass is 9.80. The molecule has 5 nitrogen and oxygen atoms in total. The van der Waals surface area contributed by atoms with Gasteiger partial charge in [0.05, 0.1) is 33.5 Å². The van der Waals surface area contributed by atoms with Gasteiger partial charge in [-0.05, 0) is 41.0 Å². The molecule has 0 N–H and O–H groups in total. The molecular weight excluding hydrogens is 404 g/mol. The van der Waals surface area contributed by atoms with Gasteiger partial charge in [-0.1, -0.05) is 54.6 Å². The molecule has 5 heteroatoms. The molecule has 3 aromatic rings. The Morgan fingerprint density at radius 2 is 1.34 bits per heavy atom. The summed E-state index contributed by atoms with van der Waals surface area (Å²) in [5.74, 6) is 1.75. The van der Waals surface area contributed by atoms with Crippen LogP contribution in [0.4, 0.5) is 0 Å². The summed E-state index contributed by atoms with van der Waals surface area (Å²) in [4.78, 5) is 12.0. The third kappa shape index (κ3) is 4.54. The van der Waals surface area contributed by atoms with E-state index in [9.17, 15) is 4.79 Å². The molecule has 1 unspecified atom stereocenters. The van der Waals surface area contributed by atoms with Crippen LogP contribution in [-0.4, -0.2) is 39.3 Å². The molecule has 1 fully saturated rings. The van der Waals surface area contributed by atoms with Gasteiger partial charge in [-0.3, -0.25) is 4.79 Å². The smallest absolute Gasteiger partial charge is 0.143 e. The lowest BCUT2D eigenvalue weighted by molar-refractivity contribution is -0.134. The topological polar surface area (TPSA) is 54.0 Å². The highest BCUT2D eigenvalue weighted by Crippen LogP contribution is 2.42. The van der Waals surface area contributed by atoms with Crippen LogP contribution >= 0.6 is 0 Å². The largest absolute Gasteiger partial charge is 0.497 e. The van der Waals surface area contributed by atoms with Crippen LogP contribution in [0.1, 0.15) is 29.5 Å². The Balaban J connectivity index is 1.82. The Labute approximate surface area is 188 Å². The average molecular weight is 433 g/mol. The number of benzene rings is 3. The Kier molecular flexibility index (Phi) is 6.88. The Bertz CT molecular complexity index is 965. The normalized spacial score (nSPS) is 16.6. The van der Waals surface area contributed by atoms with Crippen molar-refractivity contribution in [3.63, 3.8) is 0 Å². The summed E-state index contributed by atoms with van der Waals surface area (Å²) in [5, 5.41) is 0. The molecule has 32 heavy (non-hydrogen) atoms. The summed E-state index contributed by atoms with van der Waals surface area (Å²) >= 11 is 0. The lowest BCUT2D eigenvalue weighted by Gasteiger charge is -2.37. The molecule has 0 aliphatic carbocycles. The van der Waals surface area contributed by atoms with Crippen molar-refractivity contribution in [2.24, 2.45) is 0 Å². The molecule has 166 valence electrons. The number of carbonyl (C=O) groups excluding carboxylic acids is 1. The van der Waals surface area contributed by atoms with E-state index in [1.54, 1.807) is 14.2 Å². The Morgan fingerprint density at radius 3 is 1.84 bits per heavy atom. The fourth-order valence-corrected chi connectivity index (χ4v) is 4.15. The van der Waals surface area contributed by atoms with E-state index in [2.05, 4.69) is 12.1 Å². The zero-order chi connectivity index (χ0) is 22.4. The molecule has 0 aromatic heterocycles. The highest BCUT2D eigenvalue weighted by Gasteiger charge is 2.39. The van der Waals surface area contributed by atoms with Crippen LogP contribution in [-0.2, 0) is 19.9 Å². The molecule has 1 saturated heterocycles. The van der Waals surface area contributed by atoms with Crippen molar-refractivity contribution < 1.29 is 23.7 Å². The molecule has 0 amide bonds.